The molecule has 1 aromatic heterocycles. The van der Waals surface area contributed by atoms with E-state index in [1.807, 2.05) is 25.1 Å². The van der Waals surface area contributed by atoms with E-state index < -0.39 is 0 Å². The monoisotopic (exact) mass is 357 g/mol. The Kier molecular flexibility index (Phi) is 5.30. The van der Waals surface area contributed by atoms with Crippen LogP contribution < -0.4 is 10.1 Å². The average Bonchev–Trinajstić information content (AvgIpc) is 3.15. The summed E-state index contributed by atoms with van der Waals surface area (Å²) in [4.78, 5) is 12.0. The number of rotatable bonds is 6. The summed E-state index contributed by atoms with van der Waals surface area (Å²) >= 11 is 5.96. The normalized spacial score (nSPS) is 11.8. The van der Waals surface area contributed by atoms with Gasteiger partial charge in [0, 0.05) is 10.6 Å². The van der Waals surface area contributed by atoms with Crippen LogP contribution in [0.4, 0.5) is 0 Å². The first-order valence-corrected chi connectivity index (χ1v) is 8.04. The summed E-state index contributed by atoms with van der Waals surface area (Å²) in [5.74, 6) is 0.793. The van der Waals surface area contributed by atoms with Crippen molar-refractivity contribution in [1.82, 2.24) is 15.5 Å². The smallest absolute Gasteiger partial charge is 0.258 e. The maximum atomic E-state index is 12.0. The molecule has 1 amide bonds. The molecule has 0 bridgehead atoms. The molecule has 128 valence electrons. The molecule has 0 saturated heterocycles. The van der Waals surface area contributed by atoms with Crippen molar-refractivity contribution < 1.29 is 13.9 Å². The van der Waals surface area contributed by atoms with E-state index in [9.17, 15) is 4.79 Å². The lowest BCUT2D eigenvalue weighted by atomic mass is 10.1. The Balaban J connectivity index is 1.52. The minimum atomic E-state index is -0.214. The van der Waals surface area contributed by atoms with Crippen LogP contribution in [0.3, 0.4) is 0 Å². The molecule has 25 heavy (non-hydrogen) atoms. The van der Waals surface area contributed by atoms with Gasteiger partial charge in [0.2, 0.25) is 12.3 Å². The van der Waals surface area contributed by atoms with Crippen molar-refractivity contribution in [2.45, 2.75) is 13.0 Å². The van der Waals surface area contributed by atoms with Gasteiger partial charge in [-0.1, -0.05) is 23.7 Å². The van der Waals surface area contributed by atoms with Gasteiger partial charge in [-0.15, -0.1) is 10.2 Å². The van der Waals surface area contributed by atoms with E-state index in [1.54, 1.807) is 30.3 Å². The molecule has 1 atom stereocenters. The van der Waals surface area contributed by atoms with E-state index in [2.05, 4.69) is 15.5 Å². The number of nitrogens with one attached hydrogen (secondary N) is 1. The molecule has 0 aliphatic carbocycles. The number of ether oxygens (including phenoxy) is 1. The summed E-state index contributed by atoms with van der Waals surface area (Å²) < 4.78 is 10.6. The van der Waals surface area contributed by atoms with Crippen molar-refractivity contribution in [2.75, 3.05) is 6.61 Å². The predicted molar refractivity (Wildman–Crippen MR) is 93.2 cm³/mol. The first-order chi connectivity index (χ1) is 12.1. The molecule has 0 unspecified atom stereocenters. The van der Waals surface area contributed by atoms with Gasteiger partial charge in [0.25, 0.3) is 5.91 Å². The third kappa shape index (κ3) is 4.58. The summed E-state index contributed by atoms with van der Waals surface area (Å²) in [6, 6.07) is 14.3. The van der Waals surface area contributed by atoms with Crippen molar-refractivity contribution in [2.24, 2.45) is 0 Å². The van der Waals surface area contributed by atoms with Crippen LogP contribution in [0.1, 0.15) is 18.5 Å². The molecule has 3 rings (SSSR count). The van der Waals surface area contributed by atoms with Gasteiger partial charge in [0.15, 0.2) is 6.61 Å². The van der Waals surface area contributed by atoms with Gasteiger partial charge in [0.05, 0.1) is 6.04 Å². The minimum Gasteiger partial charge on any atom is -0.484 e. The number of aromatic nitrogens is 2. The van der Waals surface area contributed by atoms with Crippen molar-refractivity contribution in [3.8, 4) is 17.2 Å². The summed E-state index contributed by atoms with van der Waals surface area (Å²) in [7, 11) is 0. The summed E-state index contributed by atoms with van der Waals surface area (Å²) in [5.41, 5.74) is 1.72. The molecular formula is C18H16ClN3O3. The van der Waals surface area contributed by atoms with E-state index in [0.717, 1.165) is 11.1 Å². The standard InChI is InChI=1S/C18H16ClN3O3/c1-12(14-3-2-4-15(19)9-14)21-17(23)10-24-16-7-5-13(6-8-16)18-22-20-11-25-18/h2-9,11-12H,10H2,1H3,(H,21,23)/t12-/m1/s1. The highest BCUT2D eigenvalue weighted by Gasteiger charge is 2.11. The van der Waals surface area contributed by atoms with Crippen LogP contribution in [-0.4, -0.2) is 22.7 Å². The second kappa shape index (κ2) is 7.81. The second-order valence-electron chi connectivity index (χ2n) is 5.40. The Hall–Kier alpha value is -2.86. The zero-order valence-electron chi connectivity index (χ0n) is 13.5. The number of benzene rings is 2. The molecule has 1 N–H and O–H groups in total. The van der Waals surface area contributed by atoms with Gasteiger partial charge >= 0.3 is 0 Å². The maximum Gasteiger partial charge on any atom is 0.258 e. The van der Waals surface area contributed by atoms with Crippen LogP contribution in [-0.2, 0) is 4.79 Å². The van der Waals surface area contributed by atoms with E-state index in [1.165, 1.54) is 6.39 Å². The third-order valence-corrected chi connectivity index (χ3v) is 3.79. The van der Waals surface area contributed by atoms with Gasteiger partial charge in [0.1, 0.15) is 5.75 Å². The molecule has 0 fully saturated rings. The van der Waals surface area contributed by atoms with Gasteiger partial charge in [-0.3, -0.25) is 4.79 Å². The molecule has 0 aliphatic heterocycles. The summed E-state index contributed by atoms with van der Waals surface area (Å²) in [6.07, 6.45) is 1.27. The zero-order valence-corrected chi connectivity index (χ0v) is 14.2. The molecule has 0 radical (unpaired) electrons. The zero-order chi connectivity index (χ0) is 17.6. The van der Waals surface area contributed by atoms with Crippen molar-refractivity contribution in [3.63, 3.8) is 0 Å². The predicted octanol–water partition coefficient (Wildman–Crippen LogP) is 3.65. The molecule has 6 nitrogen and oxygen atoms in total. The van der Waals surface area contributed by atoms with E-state index in [4.69, 9.17) is 20.8 Å². The lowest BCUT2D eigenvalue weighted by Gasteiger charge is -2.15. The van der Waals surface area contributed by atoms with Crippen LogP contribution in [0.25, 0.3) is 11.5 Å². The lowest BCUT2D eigenvalue weighted by Crippen LogP contribution is -2.31. The molecular weight excluding hydrogens is 342 g/mol. The highest BCUT2D eigenvalue weighted by Crippen LogP contribution is 2.20. The SMILES string of the molecule is C[C@@H](NC(=O)COc1ccc(-c2nnco2)cc1)c1cccc(Cl)c1. The van der Waals surface area contributed by atoms with Crippen molar-refractivity contribution in [3.05, 3.63) is 65.5 Å². The maximum absolute atomic E-state index is 12.0. The quantitative estimate of drug-likeness (QED) is 0.728. The Bertz CT molecular complexity index is 835. The Morgan fingerprint density at radius 3 is 2.76 bits per heavy atom. The molecule has 0 spiro atoms. The van der Waals surface area contributed by atoms with E-state index >= 15 is 0 Å². The number of halogens is 1. The van der Waals surface area contributed by atoms with E-state index in [-0.39, 0.29) is 18.6 Å². The molecule has 3 aromatic rings. The van der Waals surface area contributed by atoms with Gasteiger partial charge in [-0.05, 0) is 48.9 Å². The van der Waals surface area contributed by atoms with Crippen LogP contribution in [0.5, 0.6) is 5.75 Å². The van der Waals surface area contributed by atoms with Crippen LogP contribution in [0.2, 0.25) is 5.02 Å². The van der Waals surface area contributed by atoms with Crippen LogP contribution in [0.15, 0.2) is 59.3 Å². The largest absolute Gasteiger partial charge is 0.484 e. The third-order valence-electron chi connectivity index (χ3n) is 3.56. The molecule has 7 heteroatoms. The summed E-state index contributed by atoms with van der Waals surface area (Å²) in [6.45, 7) is 1.81. The fraction of sp³-hybridized carbons (Fsp3) is 0.167. The fourth-order valence-electron chi connectivity index (χ4n) is 2.28. The lowest BCUT2D eigenvalue weighted by molar-refractivity contribution is -0.123. The molecule has 2 aromatic carbocycles. The molecule has 1 heterocycles. The number of hydrogen-bond acceptors (Lipinski definition) is 5. The van der Waals surface area contributed by atoms with Crippen LogP contribution in [0, 0.1) is 0 Å². The Morgan fingerprint density at radius 2 is 2.08 bits per heavy atom. The minimum absolute atomic E-state index is 0.0786. The highest BCUT2D eigenvalue weighted by molar-refractivity contribution is 6.30. The Morgan fingerprint density at radius 1 is 1.28 bits per heavy atom. The number of hydrogen-bond donors (Lipinski definition) is 1. The molecule has 0 saturated carbocycles. The van der Waals surface area contributed by atoms with Gasteiger partial charge < -0.3 is 14.5 Å². The van der Waals surface area contributed by atoms with Crippen LogP contribution >= 0.6 is 11.6 Å². The fourth-order valence-corrected chi connectivity index (χ4v) is 2.48. The first-order valence-electron chi connectivity index (χ1n) is 7.66. The van der Waals surface area contributed by atoms with E-state index in [0.29, 0.717) is 16.7 Å². The number of amides is 1. The topological polar surface area (TPSA) is 77.2 Å². The van der Waals surface area contributed by atoms with Crippen molar-refractivity contribution in [1.29, 1.82) is 0 Å². The Labute approximate surface area is 149 Å². The number of nitrogens with zero attached hydrogens (tertiary/aromatic N) is 2. The van der Waals surface area contributed by atoms with Gasteiger partial charge in [-0.2, -0.15) is 0 Å². The first kappa shape index (κ1) is 17.0. The number of carbonyl (C=O) groups excluding carboxylic acids is 1. The summed E-state index contributed by atoms with van der Waals surface area (Å²) in [5, 5.41) is 11.0. The molecule has 0 aliphatic rings. The highest BCUT2D eigenvalue weighted by atomic mass is 35.5. The average molecular weight is 358 g/mol. The second-order valence-corrected chi connectivity index (χ2v) is 5.84. The number of carbonyl (C=O) groups is 1. The van der Waals surface area contributed by atoms with Crippen molar-refractivity contribution >= 4 is 17.5 Å². The van der Waals surface area contributed by atoms with Gasteiger partial charge in [-0.25, -0.2) is 0 Å².